The van der Waals surface area contributed by atoms with E-state index >= 15 is 0 Å². The Balaban J connectivity index is 1.17. The number of aryl methyl sites for hydroxylation is 1. The number of carbonyl (C=O) groups is 1. The molecule has 1 aromatic heterocycles. The van der Waals surface area contributed by atoms with E-state index in [-0.39, 0.29) is 11.7 Å². The highest BCUT2D eigenvalue weighted by Gasteiger charge is 2.29. The molecule has 0 aliphatic carbocycles. The van der Waals surface area contributed by atoms with Crippen molar-refractivity contribution < 1.29 is 22.7 Å². The van der Waals surface area contributed by atoms with Gasteiger partial charge in [-0.1, -0.05) is 30.3 Å². The summed E-state index contributed by atoms with van der Waals surface area (Å²) < 4.78 is 43.8. The zero-order valence-corrected chi connectivity index (χ0v) is 22.0. The average Bonchev–Trinajstić information content (AvgIpc) is 3.37. The second-order valence-corrected chi connectivity index (χ2v) is 9.46. The van der Waals surface area contributed by atoms with Gasteiger partial charge in [0.2, 0.25) is 0 Å². The number of para-hydroxylation sites is 2. The molecule has 1 amide bonds. The first-order valence-corrected chi connectivity index (χ1v) is 12.6. The summed E-state index contributed by atoms with van der Waals surface area (Å²) in [5.41, 5.74) is 4.67. The van der Waals surface area contributed by atoms with Crippen LogP contribution in [0.5, 0.6) is 5.75 Å². The molecule has 3 N–H and O–H groups in total. The number of amides is 1. The number of nitrogens with one attached hydrogen (secondary N) is 3. The Morgan fingerprint density at radius 2 is 1.70 bits per heavy atom. The Bertz CT molecular complexity index is 1650. The number of aromatic nitrogens is 2. The van der Waals surface area contributed by atoms with Crippen molar-refractivity contribution in [3.8, 4) is 17.1 Å². The van der Waals surface area contributed by atoms with Crippen LogP contribution < -0.4 is 15.4 Å². The number of H-pyrrole nitrogens is 1. The summed E-state index contributed by atoms with van der Waals surface area (Å²) in [5, 5.41) is 5.83. The number of benzene rings is 4. The van der Waals surface area contributed by atoms with Gasteiger partial charge in [-0.15, -0.1) is 0 Å². The Morgan fingerprint density at radius 3 is 2.40 bits per heavy atom. The fraction of sp³-hybridized carbons (Fsp3) is 0.100. The highest BCUT2D eigenvalue weighted by molar-refractivity contribution is 7.80. The second-order valence-electron chi connectivity index (χ2n) is 9.05. The summed E-state index contributed by atoms with van der Waals surface area (Å²) in [6.07, 6.45) is -4.38. The topological polar surface area (TPSA) is 79.0 Å². The van der Waals surface area contributed by atoms with Crippen LogP contribution in [0.1, 0.15) is 27.0 Å². The van der Waals surface area contributed by atoms with E-state index in [1.54, 1.807) is 24.3 Å². The minimum atomic E-state index is -4.38. The molecule has 1 heterocycles. The van der Waals surface area contributed by atoms with E-state index in [0.717, 1.165) is 40.1 Å². The van der Waals surface area contributed by atoms with Crippen LogP contribution in [0.2, 0.25) is 0 Å². The van der Waals surface area contributed by atoms with Crippen molar-refractivity contribution in [1.82, 2.24) is 15.3 Å². The SMILES string of the molecule is Cc1ccc(NC(=S)NC(=O)c2ccc(OCc3ccc(C(F)(F)F)cc3)cc2)cc1-c1nc2ccccc2[nH]1. The number of ether oxygens (including phenoxy) is 1. The molecule has 0 bridgehead atoms. The number of nitrogens with zero attached hydrogens (tertiary/aromatic N) is 1. The van der Waals surface area contributed by atoms with Crippen molar-refractivity contribution in [1.29, 1.82) is 0 Å². The van der Waals surface area contributed by atoms with E-state index in [1.807, 2.05) is 49.4 Å². The van der Waals surface area contributed by atoms with Crippen LogP contribution in [-0.2, 0) is 12.8 Å². The van der Waals surface area contributed by atoms with Crippen molar-refractivity contribution in [2.45, 2.75) is 19.7 Å². The smallest absolute Gasteiger partial charge is 0.416 e. The first-order chi connectivity index (χ1) is 19.2. The normalized spacial score (nSPS) is 11.3. The Labute approximate surface area is 233 Å². The molecule has 0 unspecified atom stereocenters. The van der Waals surface area contributed by atoms with Gasteiger partial charge in [0.05, 0.1) is 16.6 Å². The molecule has 4 aromatic carbocycles. The van der Waals surface area contributed by atoms with Gasteiger partial charge in [-0.2, -0.15) is 13.2 Å². The number of hydrogen-bond acceptors (Lipinski definition) is 4. The lowest BCUT2D eigenvalue weighted by atomic mass is 10.1. The van der Waals surface area contributed by atoms with Crippen molar-refractivity contribution in [3.05, 3.63) is 113 Å². The first-order valence-electron chi connectivity index (χ1n) is 12.2. The largest absolute Gasteiger partial charge is 0.489 e. The number of fused-ring (bicyclic) bond motifs is 1. The summed E-state index contributed by atoms with van der Waals surface area (Å²) in [7, 11) is 0. The molecule has 10 heteroatoms. The van der Waals surface area contributed by atoms with Gasteiger partial charge in [0.25, 0.3) is 5.91 Å². The van der Waals surface area contributed by atoms with Crippen molar-refractivity contribution in [2.24, 2.45) is 0 Å². The molecule has 0 saturated heterocycles. The van der Waals surface area contributed by atoms with E-state index in [9.17, 15) is 18.0 Å². The third-order valence-corrected chi connectivity index (χ3v) is 6.37. The predicted molar refractivity (Wildman–Crippen MR) is 152 cm³/mol. The minimum Gasteiger partial charge on any atom is -0.489 e. The zero-order valence-electron chi connectivity index (χ0n) is 21.2. The predicted octanol–water partition coefficient (Wildman–Crippen LogP) is 7.26. The monoisotopic (exact) mass is 560 g/mol. The lowest BCUT2D eigenvalue weighted by Gasteiger charge is -2.12. The maximum Gasteiger partial charge on any atom is 0.416 e. The molecule has 0 fully saturated rings. The number of thiocarbonyl (C=S) groups is 1. The van der Waals surface area contributed by atoms with Crippen LogP contribution in [0, 0.1) is 6.92 Å². The summed E-state index contributed by atoms with van der Waals surface area (Å²) in [5.74, 6) is 0.796. The van der Waals surface area contributed by atoms with Gasteiger partial charge in [0.1, 0.15) is 18.2 Å². The summed E-state index contributed by atoms with van der Waals surface area (Å²) >= 11 is 5.35. The van der Waals surface area contributed by atoms with Crippen LogP contribution in [0.15, 0.2) is 91.0 Å². The molecule has 202 valence electrons. The van der Waals surface area contributed by atoms with Gasteiger partial charge in [-0.3, -0.25) is 10.1 Å². The highest BCUT2D eigenvalue weighted by Crippen LogP contribution is 2.29. The van der Waals surface area contributed by atoms with E-state index in [0.29, 0.717) is 22.6 Å². The number of anilines is 1. The number of aromatic amines is 1. The molecular weight excluding hydrogens is 537 g/mol. The van der Waals surface area contributed by atoms with Crippen LogP contribution in [0.4, 0.5) is 18.9 Å². The maximum atomic E-state index is 12.7. The summed E-state index contributed by atoms with van der Waals surface area (Å²) in [6, 6.07) is 24.6. The summed E-state index contributed by atoms with van der Waals surface area (Å²) in [4.78, 5) is 20.7. The second kappa shape index (κ2) is 11.2. The van der Waals surface area contributed by atoms with Crippen LogP contribution in [-0.4, -0.2) is 21.0 Å². The fourth-order valence-electron chi connectivity index (χ4n) is 4.03. The van der Waals surface area contributed by atoms with Gasteiger partial charge in [0, 0.05) is 16.8 Å². The van der Waals surface area contributed by atoms with Gasteiger partial charge >= 0.3 is 6.18 Å². The summed E-state index contributed by atoms with van der Waals surface area (Å²) in [6.45, 7) is 2.08. The minimum absolute atomic E-state index is 0.0876. The number of hydrogen-bond donors (Lipinski definition) is 3. The van der Waals surface area contributed by atoms with Crippen LogP contribution >= 0.6 is 12.2 Å². The van der Waals surface area contributed by atoms with Crippen molar-refractivity contribution in [2.75, 3.05) is 5.32 Å². The molecule has 0 saturated carbocycles. The number of halogens is 3. The number of imidazole rings is 1. The van der Waals surface area contributed by atoms with E-state index in [2.05, 4.69) is 20.6 Å². The number of carbonyl (C=O) groups excluding carboxylic acids is 1. The molecule has 0 aliphatic heterocycles. The molecule has 0 radical (unpaired) electrons. The lowest BCUT2D eigenvalue weighted by Crippen LogP contribution is -2.34. The first kappa shape index (κ1) is 26.9. The quantitative estimate of drug-likeness (QED) is 0.191. The third kappa shape index (κ3) is 6.29. The van der Waals surface area contributed by atoms with Gasteiger partial charge in [0.15, 0.2) is 5.11 Å². The molecular formula is C30H23F3N4O2S. The fourth-order valence-corrected chi connectivity index (χ4v) is 4.24. The third-order valence-electron chi connectivity index (χ3n) is 6.17. The number of alkyl halides is 3. The zero-order chi connectivity index (χ0) is 28.3. The molecule has 0 atom stereocenters. The molecule has 0 aliphatic rings. The van der Waals surface area contributed by atoms with Gasteiger partial charge in [-0.25, -0.2) is 4.98 Å². The van der Waals surface area contributed by atoms with Crippen molar-refractivity contribution >= 4 is 40.0 Å². The lowest BCUT2D eigenvalue weighted by molar-refractivity contribution is -0.137. The molecule has 5 rings (SSSR count). The highest BCUT2D eigenvalue weighted by atomic mass is 32.1. The standard InChI is InChI=1S/C30H23F3N4O2S/c1-18-6-13-22(16-24(18)27-35-25-4-2-3-5-26(25)36-27)34-29(40)37-28(38)20-9-14-23(15-10-20)39-17-19-7-11-21(12-8-19)30(31,32)33/h2-16H,17H2,1H3,(H,35,36)(H2,34,37,38,40). The maximum absolute atomic E-state index is 12.7. The molecule has 0 spiro atoms. The number of rotatable bonds is 6. The molecule has 6 nitrogen and oxygen atoms in total. The van der Waals surface area contributed by atoms with E-state index < -0.39 is 17.6 Å². The van der Waals surface area contributed by atoms with Gasteiger partial charge < -0.3 is 15.0 Å². The Hall–Kier alpha value is -4.70. The molecule has 5 aromatic rings. The van der Waals surface area contributed by atoms with Gasteiger partial charge in [-0.05, 0) is 90.9 Å². The van der Waals surface area contributed by atoms with E-state index in [4.69, 9.17) is 17.0 Å². The van der Waals surface area contributed by atoms with Crippen LogP contribution in [0.3, 0.4) is 0 Å². The molecule has 40 heavy (non-hydrogen) atoms. The van der Waals surface area contributed by atoms with Crippen LogP contribution in [0.25, 0.3) is 22.4 Å². The average molecular weight is 561 g/mol. The Morgan fingerprint density at radius 1 is 0.975 bits per heavy atom. The Kier molecular flexibility index (Phi) is 7.52. The van der Waals surface area contributed by atoms with E-state index in [1.165, 1.54) is 12.1 Å². The van der Waals surface area contributed by atoms with Crippen molar-refractivity contribution in [3.63, 3.8) is 0 Å².